The Morgan fingerprint density at radius 1 is 0.938 bits per heavy atom. The second-order valence-electron chi connectivity index (χ2n) is 8.07. The summed E-state index contributed by atoms with van der Waals surface area (Å²) in [5.74, 6) is -0.229. The van der Waals surface area contributed by atoms with E-state index < -0.39 is 0 Å². The van der Waals surface area contributed by atoms with Crippen molar-refractivity contribution < 1.29 is 4.39 Å². The highest BCUT2D eigenvalue weighted by molar-refractivity contribution is 7.80. The van der Waals surface area contributed by atoms with E-state index in [2.05, 4.69) is 63.2 Å². The van der Waals surface area contributed by atoms with E-state index in [0.29, 0.717) is 10.7 Å². The average Bonchev–Trinajstić information content (AvgIpc) is 3.41. The molecule has 0 amide bonds. The summed E-state index contributed by atoms with van der Waals surface area (Å²) in [5.41, 5.74) is 5.68. The number of thiocarbonyl (C=S) groups is 1. The molecule has 1 aliphatic rings. The van der Waals surface area contributed by atoms with Crippen LogP contribution >= 0.6 is 12.2 Å². The van der Waals surface area contributed by atoms with Gasteiger partial charge in [-0.1, -0.05) is 23.8 Å². The molecule has 0 bridgehead atoms. The lowest BCUT2D eigenvalue weighted by Gasteiger charge is -2.29. The molecule has 0 unspecified atom stereocenters. The van der Waals surface area contributed by atoms with Crippen LogP contribution in [0.25, 0.3) is 5.69 Å². The maximum atomic E-state index is 14.0. The van der Waals surface area contributed by atoms with Gasteiger partial charge >= 0.3 is 0 Å². The predicted octanol–water partition coefficient (Wildman–Crippen LogP) is 5.81. The largest absolute Gasteiger partial charge is 0.351 e. The Labute approximate surface area is 192 Å². The van der Waals surface area contributed by atoms with Gasteiger partial charge in [-0.25, -0.2) is 4.39 Å². The van der Waals surface area contributed by atoms with Crippen LogP contribution in [0.4, 0.5) is 10.1 Å². The number of pyridine rings is 1. The summed E-state index contributed by atoms with van der Waals surface area (Å²) in [7, 11) is 0. The third-order valence-corrected chi connectivity index (χ3v) is 6.23. The minimum atomic E-state index is -0.229. The summed E-state index contributed by atoms with van der Waals surface area (Å²) in [4.78, 5) is 6.68. The number of hydrogen-bond acceptors (Lipinski definition) is 2. The topological polar surface area (TPSA) is 33.1 Å². The van der Waals surface area contributed by atoms with Gasteiger partial charge in [0, 0.05) is 29.5 Å². The van der Waals surface area contributed by atoms with Crippen molar-refractivity contribution in [3.8, 4) is 5.69 Å². The van der Waals surface area contributed by atoms with E-state index in [1.165, 1.54) is 11.6 Å². The van der Waals surface area contributed by atoms with Gasteiger partial charge in [0.2, 0.25) is 0 Å². The van der Waals surface area contributed by atoms with Gasteiger partial charge in [-0.15, -0.1) is 0 Å². The van der Waals surface area contributed by atoms with Gasteiger partial charge in [-0.3, -0.25) is 4.98 Å². The van der Waals surface area contributed by atoms with Crippen LogP contribution in [0.15, 0.2) is 85.2 Å². The molecule has 1 fully saturated rings. The van der Waals surface area contributed by atoms with Gasteiger partial charge in [0.1, 0.15) is 11.9 Å². The molecular formula is C26H23FN4S. The third-order valence-electron chi connectivity index (χ3n) is 5.91. The molecule has 3 heterocycles. The fourth-order valence-corrected chi connectivity index (χ4v) is 4.63. The Morgan fingerprint density at radius 2 is 1.72 bits per heavy atom. The Morgan fingerprint density at radius 3 is 2.44 bits per heavy atom. The summed E-state index contributed by atoms with van der Waals surface area (Å²) in [6, 6.07) is 23.3. The smallest absolute Gasteiger partial charge is 0.174 e. The molecule has 1 saturated heterocycles. The predicted molar refractivity (Wildman–Crippen MR) is 130 cm³/mol. The first kappa shape index (κ1) is 20.4. The van der Waals surface area contributed by atoms with E-state index in [-0.39, 0.29) is 17.9 Å². The molecule has 4 aromatic rings. The van der Waals surface area contributed by atoms with Gasteiger partial charge in [0.05, 0.1) is 11.7 Å². The summed E-state index contributed by atoms with van der Waals surface area (Å²) >= 11 is 5.79. The van der Waals surface area contributed by atoms with Crippen LogP contribution in [-0.4, -0.2) is 14.7 Å². The molecule has 2 aromatic carbocycles. The van der Waals surface area contributed by atoms with Gasteiger partial charge in [-0.05, 0) is 86.2 Å². The van der Waals surface area contributed by atoms with E-state index >= 15 is 0 Å². The van der Waals surface area contributed by atoms with Crippen molar-refractivity contribution in [2.45, 2.75) is 25.9 Å². The number of anilines is 1. The molecule has 0 saturated carbocycles. The molecule has 1 N–H and O–H groups in total. The Hall–Kier alpha value is -3.51. The SMILES string of the molecule is Cc1ccc(-n2cccc2[C@@H]2[C@@H](c3ccccn3)NC(=S)N2c2ccc(F)c(C)c2)cc1. The van der Waals surface area contributed by atoms with Crippen LogP contribution in [0.5, 0.6) is 0 Å². The van der Waals surface area contributed by atoms with Crippen LogP contribution in [0.3, 0.4) is 0 Å². The molecule has 4 nitrogen and oxygen atoms in total. The zero-order valence-corrected chi connectivity index (χ0v) is 18.7. The molecule has 32 heavy (non-hydrogen) atoms. The van der Waals surface area contributed by atoms with Crippen molar-refractivity contribution in [3.05, 3.63) is 114 Å². The van der Waals surface area contributed by atoms with Gasteiger partial charge < -0.3 is 14.8 Å². The first-order valence-electron chi connectivity index (χ1n) is 10.5. The molecule has 5 rings (SSSR count). The van der Waals surface area contributed by atoms with E-state index in [1.807, 2.05) is 30.3 Å². The fourth-order valence-electron chi connectivity index (χ4n) is 4.29. The van der Waals surface area contributed by atoms with Crippen molar-refractivity contribution in [2.24, 2.45) is 0 Å². The van der Waals surface area contributed by atoms with Crippen LogP contribution in [0.1, 0.15) is 34.6 Å². The lowest BCUT2D eigenvalue weighted by Crippen LogP contribution is -2.30. The van der Waals surface area contributed by atoms with Crippen molar-refractivity contribution in [2.75, 3.05) is 4.90 Å². The molecule has 160 valence electrons. The minimum Gasteiger partial charge on any atom is -0.351 e. The molecule has 0 aliphatic carbocycles. The molecule has 2 aromatic heterocycles. The van der Waals surface area contributed by atoms with E-state index in [1.54, 1.807) is 19.2 Å². The Balaban J connectivity index is 1.67. The summed E-state index contributed by atoms with van der Waals surface area (Å²) in [6.45, 7) is 3.85. The summed E-state index contributed by atoms with van der Waals surface area (Å²) < 4.78 is 16.2. The zero-order valence-electron chi connectivity index (χ0n) is 17.9. The van der Waals surface area contributed by atoms with Gasteiger partial charge in [0.25, 0.3) is 0 Å². The van der Waals surface area contributed by atoms with Crippen molar-refractivity contribution in [1.29, 1.82) is 0 Å². The number of halogens is 1. The maximum Gasteiger partial charge on any atom is 0.174 e. The lowest BCUT2D eigenvalue weighted by atomic mass is 10.0. The number of rotatable bonds is 4. The quantitative estimate of drug-likeness (QED) is 0.405. The first-order valence-corrected chi connectivity index (χ1v) is 10.9. The minimum absolute atomic E-state index is 0.159. The highest BCUT2D eigenvalue weighted by Gasteiger charge is 2.42. The van der Waals surface area contributed by atoms with Crippen molar-refractivity contribution in [3.63, 3.8) is 0 Å². The summed E-state index contributed by atoms with van der Waals surface area (Å²) in [5, 5.41) is 4.06. The van der Waals surface area contributed by atoms with Gasteiger partial charge in [-0.2, -0.15) is 0 Å². The fraction of sp³-hybridized carbons (Fsp3) is 0.154. The van der Waals surface area contributed by atoms with E-state index in [0.717, 1.165) is 22.8 Å². The lowest BCUT2D eigenvalue weighted by molar-refractivity contribution is 0.549. The standard InChI is InChI=1S/C26H23FN4S/c1-17-8-10-19(11-9-17)30-15-5-7-23(30)25-24(22-6-3-4-14-28-22)29-26(32)31(25)20-12-13-21(27)18(2)16-20/h3-16,24-25H,1-2H3,(H,29,32)/t24-,25-/m1/s1. The van der Waals surface area contributed by atoms with Crippen LogP contribution in [0.2, 0.25) is 0 Å². The van der Waals surface area contributed by atoms with Crippen LogP contribution < -0.4 is 10.2 Å². The normalized spacial score (nSPS) is 18.1. The number of nitrogens with one attached hydrogen (secondary N) is 1. The molecular weight excluding hydrogens is 419 g/mol. The van der Waals surface area contributed by atoms with Crippen LogP contribution in [0, 0.1) is 19.7 Å². The maximum absolute atomic E-state index is 14.0. The second-order valence-corrected chi connectivity index (χ2v) is 8.46. The molecule has 6 heteroatoms. The number of benzene rings is 2. The van der Waals surface area contributed by atoms with Crippen LogP contribution in [-0.2, 0) is 0 Å². The van der Waals surface area contributed by atoms with Crippen molar-refractivity contribution >= 4 is 23.0 Å². The monoisotopic (exact) mass is 442 g/mol. The van der Waals surface area contributed by atoms with Gasteiger partial charge in [0.15, 0.2) is 5.11 Å². The highest BCUT2D eigenvalue weighted by atomic mass is 32.1. The van der Waals surface area contributed by atoms with E-state index in [4.69, 9.17) is 12.2 Å². The molecule has 2 atom stereocenters. The summed E-state index contributed by atoms with van der Waals surface area (Å²) in [6.07, 6.45) is 3.85. The number of aryl methyl sites for hydroxylation is 2. The molecule has 0 radical (unpaired) electrons. The zero-order chi connectivity index (χ0) is 22.2. The Bertz CT molecular complexity index is 1270. The average molecular weight is 443 g/mol. The third kappa shape index (κ3) is 3.56. The molecule has 1 aliphatic heterocycles. The number of nitrogens with zero attached hydrogens (tertiary/aromatic N) is 3. The van der Waals surface area contributed by atoms with Crippen molar-refractivity contribution in [1.82, 2.24) is 14.9 Å². The highest BCUT2D eigenvalue weighted by Crippen LogP contribution is 2.42. The first-order chi connectivity index (χ1) is 15.5. The second kappa shape index (κ2) is 8.20. The number of hydrogen-bond donors (Lipinski definition) is 1. The molecule has 0 spiro atoms. The van der Waals surface area contributed by atoms with E-state index in [9.17, 15) is 4.39 Å². The Kier molecular flexibility index (Phi) is 5.23. The number of aromatic nitrogens is 2.